The summed E-state index contributed by atoms with van der Waals surface area (Å²) in [7, 11) is 1.94. The zero-order valence-corrected chi connectivity index (χ0v) is 19.5. The third kappa shape index (κ3) is 4.24. The molecule has 4 atom stereocenters. The van der Waals surface area contributed by atoms with Gasteiger partial charge in [0.1, 0.15) is 5.82 Å². The maximum Gasteiger partial charge on any atom is 0.148 e. The Bertz CT molecular complexity index is 1190. The number of nitrogens with zero attached hydrogens (tertiary/aromatic N) is 5. The first-order chi connectivity index (χ1) is 16.9. The Morgan fingerprint density at radius 3 is 2.73 bits per heavy atom. The third-order valence-electron chi connectivity index (χ3n) is 7.64. The Morgan fingerprint density at radius 1 is 1.15 bits per heavy atom. The van der Waals surface area contributed by atoms with E-state index in [9.17, 15) is 0 Å². The molecule has 174 valence electrons. The molecule has 1 N–H and O–H groups in total. The normalized spacial score (nSPS) is 29.2. The lowest BCUT2D eigenvalue weighted by Gasteiger charge is -2.27. The first kappa shape index (κ1) is 18.9. The van der Waals surface area contributed by atoms with E-state index in [1.54, 1.807) is 0 Å². The Balaban J connectivity index is 1.08. The quantitative estimate of drug-likeness (QED) is 0.639. The first-order valence-corrected chi connectivity index (χ1v) is 12.2. The maximum absolute atomic E-state index is 8.75. The molecule has 0 radical (unpaired) electrons. The number of hydrogen-bond donors (Lipinski definition) is 1. The highest BCUT2D eigenvalue weighted by Crippen LogP contribution is 2.39. The highest BCUT2D eigenvalue weighted by Gasteiger charge is 2.41. The smallest absolute Gasteiger partial charge is 0.148 e. The lowest BCUT2D eigenvalue weighted by Crippen LogP contribution is -2.33. The molecule has 4 heterocycles. The summed E-state index contributed by atoms with van der Waals surface area (Å²) in [5, 5.41) is 18.2. The standard InChI is InChI=1S/C26H34N6O/c1-17-22(5-6-25-23(17)15-31(2)30-25)24-7-8-26(29-28-24)27-21-10-19-13-32(14-20(19)11-21)12-18-4-3-9-33-16-18/h5-8,15,18-21H,3-4,9-14,16H2,1-2H3,(H,27,29)/t18-,19-,20+,21?/m1/s1/i12D2. The zero-order chi connectivity index (χ0) is 24.2. The number of likely N-dealkylation sites (tertiary alicyclic amines) is 1. The molecule has 3 fully saturated rings. The Hall–Kier alpha value is -2.51. The average Bonchev–Trinajstić information content (AvgIpc) is 3.54. The van der Waals surface area contributed by atoms with E-state index in [2.05, 4.69) is 38.5 Å². The van der Waals surface area contributed by atoms with Gasteiger partial charge in [0.15, 0.2) is 0 Å². The van der Waals surface area contributed by atoms with Crippen LogP contribution in [0.2, 0.25) is 0 Å². The zero-order valence-electron chi connectivity index (χ0n) is 21.5. The Morgan fingerprint density at radius 2 is 2.00 bits per heavy atom. The van der Waals surface area contributed by atoms with E-state index >= 15 is 0 Å². The van der Waals surface area contributed by atoms with E-state index < -0.39 is 6.50 Å². The van der Waals surface area contributed by atoms with Gasteiger partial charge in [-0.2, -0.15) is 5.10 Å². The van der Waals surface area contributed by atoms with Gasteiger partial charge >= 0.3 is 0 Å². The number of rotatable bonds is 5. The van der Waals surface area contributed by atoms with Crippen molar-refractivity contribution in [2.24, 2.45) is 24.8 Å². The van der Waals surface area contributed by atoms with E-state index in [1.165, 1.54) is 5.56 Å². The number of anilines is 1. The second-order valence-electron chi connectivity index (χ2n) is 10.1. The number of hydrogen-bond acceptors (Lipinski definition) is 6. The van der Waals surface area contributed by atoms with Gasteiger partial charge in [0.2, 0.25) is 0 Å². The molecule has 7 heteroatoms. The molecular formula is C26H34N6O. The molecule has 1 aliphatic carbocycles. The molecule has 2 saturated heterocycles. The van der Waals surface area contributed by atoms with Gasteiger partial charge in [-0.3, -0.25) is 4.68 Å². The van der Waals surface area contributed by atoms with Crippen LogP contribution in [0.1, 0.15) is 34.0 Å². The van der Waals surface area contributed by atoms with Crippen molar-refractivity contribution in [3.8, 4) is 11.3 Å². The van der Waals surface area contributed by atoms with Crippen LogP contribution in [0.4, 0.5) is 5.82 Å². The van der Waals surface area contributed by atoms with Crippen molar-refractivity contribution in [1.29, 1.82) is 0 Å². The minimum Gasteiger partial charge on any atom is -0.381 e. The van der Waals surface area contributed by atoms with Gasteiger partial charge in [-0.1, -0.05) is 6.07 Å². The highest BCUT2D eigenvalue weighted by atomic mass is 16.5. The van der Waals surface area contributed by atoms with Crippen LogP contribution in [0.3, 0.4) is 0 Å². The SMILES string of the molecule is [2H]C([2H])([C@H]1CCCOC1)N1C[C@H]2CC(Nc3ccc(-c4ccc5nn(C)cc5c4C)nn3)C[C@H]2C1. The van der Waals surface area contributed by atoms with Gasteiger partial charge in [0.05, 0.1) is 17.8 Å². The summed E-state index contributed by atoms with van der Waals surface area (Å²) in [6.45, 7) is 3.84. The minimum absolute atomic E-state index is 0.0136. The monoisotopic (exact) mass is 448 g/mol. The number of aromatic nitrogens is 4. The van der Waals surface area contributed by atoms with Gasteiger partial charge in [-0.15, -0.1) is 10.2 Å². The van der Waals surface area contributed by atoms with E-state index in [0.717, 1.165) is 73.4 Å². The molecule has 3 aromatic rings. The van der Waals surface area contributed by atoms with Crippen molar-refractivity contribution in [2.75, 3.05) is 38.1 Å². The van der Waals surface area contributed by atoms with Crippen LogP contribution in [0.15, 0.2) is 30.5 Å². The van der Waals surface area contributed by atoms with Crippen molar-refractivity contribution in [1.82, 2.24) is 24.9 Å². The molecule has 3 aliphatic rings. The fourth-order valence-electron chi connectivity index (χ4n) is 6.01. The van der Waals surface area contributed by atoms with Crippen LogP contribution < -0.4 is 5.32 Å². The molecule has 1 aromatic carbocycles. The molecule has 0 amide bonds. The largest absolute Gasteiger partial charge is 0.381 e. The number of ether oxygens (including phenoxy) is 1. The summed E-state index contributed by atoms with van der Waals surface area (Å²) in [6, 6.07) is 8.54. The molecule has 2 aromatic heterocycles. The summed E-state index contributed by atoms with van der Waals surface area (Å²) in [5.41, 5.74) is 4.10. The second-order valence-corrected chi connectivity index (χ2v) is 10.1. The van der Waals surface area contributed by atoms with Gasteiger partial charge in [-0.25, -0.2) is 0 Å². The summed E-state index contributed by atoms with van der Waals surface area (Å²) in [6.07, 6.45) is 6.04. The van der Waals surface area contributed by atoms with Crippen molar-refractivity contribution >= 4 is 16.7 Å². The fraction of sp³-hybridized carbons (Fsp3) is 0.577. The van der Waals surface area contributed by atoms with Crippen molar-refractivity contribution in [3.63, 3.8) is 0 Å². The summed E-state index contributed by atoms with van der Waals surface area (Å²) >= 11 is 0. The Labute approximate surface area is 198 Å². The molecule has 7 nitrogen and oxygen atoms in total. The lowest BCUT2D eigenvalue weighted by atomic mass is 10.0. The molecule has 33 heavy (non-hydrogen) atoms. The third-order valence-corrected chi connectivity index (χ3v) is 7.64. The first-order valence-electron chi connectivity index (χ1n) is 13.2. The van der Waals surface area contributed by atoms with Crippen LogP contribution in [0.5, 0.6) is 0 Å². The van der Waals surface area contributed by atoms with Crippen molar-refractivity contribution < 1.29 is 7.48 Å². The topological polar surface area (TPSA) is 68.1 Å². The van der Waals surface area contributed by atoms with Crippen LogP contribution in [-0.4, -0.2) is 63.7 Å². The molecule has 1 saturated carbocycles. The molecule has 6 rings (SSSR count). The molecule has 2 aliphatic heterocycles. The van der Waals surface area contributed by atoms with Gasteiger partial charge in [-0.05, 0) is 74.1 Å². The minimum atomic E-state index is -1.27. The van der Waals surface area contributed by atoms with E-state index in [4.69, 9.17) is 7.48 Å². The Kier molecular flexibility index (Phi) is 4.97. The van der Waals surface area contributed by atoms with Crippen LogP contribution >= 0.6 is 0 Å². The van der Waals surface area contributed by atoms with E-state index in [-0.39, 0.29) is 5.92 Å². The number of aryl methyl sites for hydroxylation is 2. The number of nitrogens with one attached hydrogen (secondary N) is 1. The van der Waals surface area contributed by atoms with Crippen LogP contribution in [-0.2, 0) is 11.8 Å². The second kappa shape index (κ2) is 8.69. The molecule has 0 spiro atoms. The lowest BCUT2D eigenvalue weighted by molar-refractivity contribution is 0.0407. The van der Waals surface area contributed by atoms with Gasteiger partial charge in [0, 0.05) is 59.2 Å². The number of fused-ring (bicyclic) bond motifs is 2. The van der Waals surface area contributed by atoms with Gasteiger partial charge < -0.3 is 15.0 Å². The van der Waals surface area contributed by atoms with Crippen LogP contribution in [0, 0.1) is 24.7 Å². The maximum atomic E-state index is 8.75. The number of benzene rings is 1. The van der Waals surface area contributed by atoms with Crippen LogP contribution in [0.25, 0.3) is 22.2 Å². The summed E-state index contributed by atoms with van der Waals surface area (Å²) in [4.78, 5) is 2.09. The summed E-state index contributed by atoms with van der Waals surface area (Å²) in [5.74, 6) is 1.87. The van der Waals surface area contributed by atoms with E-state index in [1.807, 2.05) is 36.1 Å². The predicted octanol–water partition coefficient (Wildman–Crippen LogP) is 3.89. The van der Waals surface area contributed by atoms with Crippen molar-refractivity contribution in [3.05, 3.63) is 36.0 Å². The molecule has 1 unspecified atom stereocenters. The molecular weight excluding hydrogens is 412 g/mol. The van der Waals surface area contributed by atoms with Gasteiger partial charge in [0.25, 0.3) is 0 Å². The van der Waals surface area contributed by atoms with E-state index in [0.29, 0.717) is 24.5 Å². The highest BCUT2D eigenvalue weighted by molar-refractivity contribution is 5.88. The average molecular weight is 449 g/mol. The predicted molar refractivity (Wildman–Crippen MR) is 130 cm³/mol. The molecule has 0 bridgehead atoms. The fourth-order valence-corrected chi connectivity index (χ4v) is 6.01. The van der Waals surface area contributed by atoms with Crippen molar-refractivity contribution in [2.45, 2.75) is 38.6 Å². The summed E-state index contributed by atoms with van der Waals surface area (Å²) < 4.78 is 24.9.